The highest BCUT2D eigenvalue weighted by Gasteiger charge is 2.09. The predicted molar refractivity (Wildman–Crippen MR) is 66.7 cm³/mol. The summed E-state index contributed by atoms with van der Waals surface area (Å²) in [6.07, 6.45) is 1.33. The summed E-state index contributed by atoms with van der Waals surface area (Å²) in [7, 11) is 0. The van der Waals surface area contributed by atoms with Crippen molar-refractivity contribution in [1.29, 1.82) is 0 Å². The summed E-state index contributed by atoms with van der Waals surface area (Å²) >= 11 is 3.11. The number of rotatable bonds is 6. The van der Waals surface area contributed by atoms with E-state index < -0.39 is 0 Å². The average Bonchev–Trinajstić information content (AvgIpc) is 2.71. The molecule has 94 valence electrons. The van der Waals surface area contributed by atoms with Gasteiger partial charge >= 0.3 is 0 Å². The van der Waals surface area contributed by atoms with E-state index in [-0.39, 0.29) is 17.6 Å². The molecular formula is C11H15BrN2O3. The standard InChI is InChI=1S/C11H15BrN2O3/c1-2-3-10(15)13-6-7-14-11(16)8-4-5-9(12)17-8/h4-5H,2-3,6-7H2,1H3,(H,13,15)(H,14,16). The molecule has 0 bridgehead atoms. The van der Waals surface area contributed by atoms with E-state index in [4.69, 9.17) is 4.42 Å². The second-order valence-electron chi connectivity index (χ2n) is 3.46. The van der Waals surface area contributed by atoms with Crippen molar-refractivity contribution in [2.24, 2.45) is 0 Å². The lowest BCUT2D eigenvalue weighted by molar-refractivity contribution is -0.121. The van der Waals surface area contributed by atoms with Crippen LogP contribution in [0.25, 0.3) is 0 Å². The predicted octanol–water partition coefficient (Wildman–Crippen LogP) is 1.69. The van der Waals surface area contributed by atoms with Gasteiger partial charge in [0.25, 0.3) is 5.91 Å². The molecule has 0 fully saturated rings. The third kappa shape index (κ3) is 5.04. The molecule has 0 saturated carbocycles. The van der Waals surface area contributed by atoms with Crippen LogP contribution < -0.4 is 10.6 Å². The normalized spacial score (nSPS) is 10.0. The molecule has 0 saturated heterocycles. The summed E-state index contributed by atoms with van der Waals surface area (Å²) < 4.78 is 5.59. The first-order valence-corrected chi connectivity index (χ1v) is 6.23. The van der Waals surface area contributed by atoms with Crippen LogP contribution in [-0.2, 0) is 4.79 Å². The van der Waals surface area contributed by atoms with Crippen molar-refractivity contribution < 1.29 is 14.0 Å². The van der Waals surface area contributed by atoms with E-state index in [9.17, 15) is 9.59 Å². The van der Waals surface area contributed by atoms with Gasteiger partial charge in [-0.15, -0.1) is 0 Å². The number of hydrogen-bond acceptors (Lipinski definition) is 3. The molecule has 0 unspecified atom stereocenters. The van der Waals surface area contributed by atoms with Gasteiger partial charge in [-0.1, -0.05) is 6.92 Å². The summed E-state index contributed by atoms with van der Waals surface area (Å²) in [6.45, 7) is 2.75. The highest BCUT2D eigenvalue weighted by Crippen LogP contribution is 2.13. The smallest absolute Gasteiger partial charge is 0.287 e. The summed E-state index contributed by atoms with van der Waals surface area (Å²) in [4.78, 5) is 22.6. The maximum absolute atomic E-state index is 11.5. The van der Waals surface area contributed by atoms with Crippen LogP contribution in [0.4, 0.5) is 0 Å². The largest absolute Gasteiger partial charge is 0.444 e. The van der Waals surface area contributed by atoms with Crippen LogP contribution in [0, 0.1) is 0 Å². The molecule has 0 aliphatic heterocycles. The zero-order valence-electron chi connectivity index (χ0n) is 9.59. The van der Waals surface area contributed by atoms with E-state index in [0.717, 1.165) is 6.42 Å². The Morgan fingerprint density at radius 3 is 2.59 bits per heavy atom. The van der Waals surface area contributed by atoms with Gasteiger partial charge in [-0.25, -0.2) is 0 Å². The lowest BCUT2D eigenvalue weighted by Gasteiger charge is -2.05. The van der Waals surface area contributed by atoms with E-state index in [1.54, 1.807) is 12.1 Å². The van der Waals surface area contributed by atoms with Crippen LogP contribution in [0.2, 0.25) is 0 Å². The molecule has 1 rings (SSSR count). The lowest BCUT2D eigenvalue weighted by atomic mass is 10.3. The Bertz CT molecular complexity index is 390. The van der Waals surface area contributed by atoms with Gasteiger partial charge in [-0.3, -0.25) is 9.59 Å². The van der Waals surface area contributed by atoms with Gasteiger partial charge in [0.15, 0.2) is 10.4 Å². The number of carbonyl (C=O) groups excluding carboxylic acids is 2. The van der Waals surface area contributed by atoms with Crippen LogP contribution >= 0.6 is 15.9 Å². The van der Waals surface area contributed by atoms with Crippen molar-refractivity contribution in [3.63, 3.8) is 0 Å². The van der Waals surface area contributed by atoms with E-state index in [1.807, 2.05) is 6.92 Å². The van der Waals surface area contributed by atoms with Gasteiger partial charge in [-0.05, 0) is 34.5 Å². The minimum Gasteiger partial charge on any atom is -0.444 e. The molecule has 1 aromatic heterocycles. The molecule has 0 aliphatic rings. The van der Waals surface area contributed by atoms with Crippen molar-refractivity contribution in [2.75, 3.05) is 13.1 Å². The molecule has 0 aromatic carbocycles. The first-order chi connectivity index (χ1) is 8.13. The molecule has 0 atom stereocenters. The fraction of sp³-hybridized carbons (Fsp3) is 0.455. The first kappa shape index (κ1) is 13.8. The number of carbonyl (C=O) groups is 2. The van der Waals surface area contributed by atoms with Gasteiger partial charge in [-0.2, -0.15) is 0 Å². The van der Waals surface area contributed by atoms with E-state index >= 15 is 0 Å². The second-order valence-corrected chi connectivity index (χ2v) is 4.24. The van der Waals surface area contributed by atoms with Crippen LogP contribution in [0.3, 0.4) is 0 Å². The Morgan fingerprint density at radius 1 is 1.29 bits per heavy atom. The van der Waals surface area contributed by atoms with E-state index in [0.29, 0.717) is 24.2 Å². The Balaban J connectivity index is 2.19. The Labute approximate surface area is 108 Å². The molecule has 2 amide bonds. The molecule has 1 aromatic rings. The van der Waals surface area contributed by atoms with Gasteiger partial charge in [0.1, 0.15) is 0 Å². The molecule has 0 radical (unpaired) electrons. The van der Waals surface area contributed by atoms with Gasteiger partial charge in [0, 0.05) is 19.5 Å². The lowest BCUT2D eigenvalue weighted by Crippen LogP contribution is -2.34. The van der Waals surface area contributed by atoms with Gasteiger partial charge < -0.3 is 15.1 Å². The maximum atomic E-state index is 11.5. The highest BCUT2D eigenvalue weighted by molar-refractivity contribution is 9.10. The van der Waals surface area contributed by atoms with Crippen molar-refractivity contribution in [3.8, 4) is 0 Å². The van der Waals surface area contributed by atoms with Crippen molar-refractivity contribution in [1.82, 2.24) is 10.6 Å². The minimum atomic E-state index is -0.291. The summed E-state index contributed by atoms with van der Waals surface area (Å²) in [5.74, 6) is -0.0420. The Hall–Kier alpha value is -1.30. The molecule has 2 N–H and O–H groups in total. The SMILES string of the molecule is CCCC(=O)NCCNC(=O)c1ccc(Br)o1. The fourth-order valence-corrected chi connectivity index (χ4v) is 1.52. The van der Waals surface area contributed by atoms with E-state index in [2.05, 4.69) is 26.6 Å². The number of nitrogens with one attached hydrogen (secondary N) is 2. The Morgan fingerprint density at radius 2 is 2.00 bits per heavy atom. The fourth-order valence-electron chi connectivity index (χ4n) is 1.22. The maximum Gasteiger partial charge on any atom is 0.287 e. The van der Waals surface area contributed by atoms with Crippen LogP contribution in [0.1, 0.15) is 30.3 Å². The molecule has 6 heteroatoms. The van der Waals surface area contributed by atoms with Crippen molar-refractivity contribution in [3.05, 3.63) is 22.6 Å². The van der Waals surface area contributed by atoms with Crippen molar-refractivity contribution in [2.45, 2.75) is 19.8 Å². The number of halogens is 1. The van der Waals surface area contributed by atoms with Crippen molar-refractivity contribution >= 4 is 27.7 Å². The first-order valence-electron chi connectivity index (χ1n) is 5.43. The molecule has 0 spiro atoms. The summed E-state index contributed by atoms with van der Waals surface area (Å²) in [5, 5.41) is 5.34. The third-order valence-corrected chi connectivity index (χ3v) is 2.43. The van der Waals surface area contributed by atoms with Crippen LogP contribution in [-0.4, -0.2) is 24.9 Å². The summed E-state index contributed by atoms with van der Waals surface area (Å²) in [6, 6.07) is 3.23. The molecular weight excluding hydrogens is 288 g/mol. The third-order valence-electron chi connectivity index (χ3n) is 2.01. The number of furan rings is 1. The monoisotopic (exact) mass is 302 g/mol. The summed E-state index contributed by atoms with van der Waals surface area (Å²) in [5.41, 5.74) is 0. The zero-order chi connectivity index (χ0) is 12.7. The van der Waals surface area contributed by atoms with E-state index in [1.165, 1.54) is 0 Å². The second kappa shape index (κ2) is 7.11. The number of hydrogen-bond donors (Lipinski definition) is 2. The van der Waals surface area contributed by atoms with Crippen LogP contribution in [0.5, 0.6) is 0 Å². The molecule has 17 heavy (non-hydrogen) atoms. The molecule has 1 heterocycles. The zero-order valence-corrected chi connectivity index (χ0v) is 11.2. The van der Waals surface area contributed by atoms with Gasteiger partial charge in [0.2, 0.25) is 5.91 Å². The molecule has 0 aliphatic carbocycles. The molecule has 5 nitrogen and oxygen atoms in total. The topological polar surface area (TPSA) is 71.3 Å². The minimum absolute atomic E-state index is 0.00231. The van der Waals surface area contributed by atoms with Crippen LogP contribution in [0.15, 0.2) is 21.2 Å². The number of amides is 2. The highest BCUT2D eigenvalue weighted by atomic mass is 79.9. The quantitative estimate of drug-likeness (QED) is 0.786. The van der Waals surface area contributed by atoms with Gasteiger partial charge in [0.05, 0.1) is 0 Å². The average molecular weight is 303 g/mol. The Kier molecular flexibility index (Phi) is 5.76.